The van der Waals surface area contributed by atoms with Gasteiger partial charge in [-0.15, -0.1) is 0 Å². The molecule has 1 fully saturated rings. The van der Waals surface area contributed by atoms with Gasteiger partial charge in [0.2, 0.25) is 0 Å². The highest BCUT2D eigenvalue weighted by molar-refractivity contribution is 5.86. The molecule has 1 aliphatic rings. The summed E-state index contributed by atoms with van der Waals surface area (Å²) in [4.78, 5) is 19.3. The second-order valence-corrected chi connectivity index (χ2v) is 6.04. The van der Waals surface area contributed by atoms with E-state index in [-0.39, 0.29) is 0 Å². The smallest absolute Gasteiger partial charge is 0.146 e. The molecule has 3 rings (SSSR count). The van der Waals surface area contributed by atoms with Gasteiger partial charge in [-0.25, -0.2) is 9.97 Å². The van der Waals surface area contributed by atoms with Crippen molar-refractivity contribution in [3.05, 3.63) is 47.8 Å². The molecule has 7 nitrogen and oxygen atoms in total. The largest absolute Gasteiger partial charge is 0.373 e. The number of nitrogens with zero attached hydrogens (tertiary/aromatic N) is 6. The van der Waals surface area contributed by atoms with E-state index in [1.807, 2.05) is 19.2 Å². The van der Waals surface area contributed by atoms with Crippen molar-refractivity contribution in [1.82, 2.24) is 9.97 Å². The highest BCUT2D eigenvalue weighted by Gasteiger charge is 2.18. The van der Waals surface area contributed by atoms with Crippen LogP contribution in [0, 0.1) is 11.3 Å². The molecule has 0 aliphatic carbocycles. The number of hydrogen-bond acceptors (Lipinski definition) is 7. The standard InChI is InChI=1S/C20H21N7/c1-22-18(7-8-24-17-5-6-19(23-2)25-14-17)16-11-15(12-21)20(26-13-16)27-9-3-4-10-27/h5-8,11,13-14H,1,3-4,9-10H2,2H3,(H,23,25)/b18-7-,24-8?. The number of aromatic nitrogens is 2. The lowest BCUT2D eigenvalue weighted by Gasteiger charge is -2.17. The summed E-state index contributed by atoms with van der Waals surface area (Å²) >= 11 is 0. The lowest BCUT2D eigenvalue weighted by atomic mass is 10.1. The third kappa shape index (κ3) is 4.36. The molecule has 7 heteroatoms. The Morgan fingerprint density at radius 1 is 1.30 bits per heavy atom. The molecule has 0 aromatic carbocycles. The van der Waals surface area contributed by atoms with Crippen molar-refractivity contribution in [1.29, 1.82) is 5.26 Å². The zero-order chi connectivity index (χ0) is 19.1. The van der Waals surface area contributed by atoms with Crippen LogP contribution in [0.4, 0.5) is 17.3 Å². The topological polar surface area (TPSA) is 89.6 Å². The minimum absolute atomic E-state index is 0.549. The van der Waals surface area contributed by atoms with Gasteiger partial charge in [-0.3, -0.25) is 9.98 Å². The van der Waals surface area contributed by atoms with Crippen molar-refractivity contribution in [3.63, 3.8) is 0 Å². The second kappa shape index (κ2) is 8.72. The lowest BCUT2D eigenvalue weighted by Crippen LogP contribution is -2.20. The molecule has 0 atom stereocenters. The van der Waals surface area contributed by atoms with Gasteiger partial charge in [0, 0.05) is 38.1 Å². The fourth-order valence-electron chi connectivity index (χ4n) is 2.91. The van der Waals surface area contributed by atoms with Gasteiger partial charge >= 0.3 is 0 Å². The van der Waals surface area contributed by atoms with E-state index in [1.54, 1.807) is 30.8 Å². The van der Waals surface area contributed by atoms with Crippen molar-refractivity contribution in [2.24, 2.45) is 9.98 Å². The van der Waals surface area contributed by atoms with Crippen LogP contribution in [-0.2, 0) is 0 Å². The third-order valence-electron chi connectivity index (χ3n) is 4.32. The van der Waals surface area contributed by atoms with Crippen LogP contribution >= 0.6 is 0 Å². The fourth-order valence-corrected chi connectivity index (χ4v) is 2.91. The monoisotopic (exact) mass is 359 g/mol. The van der Waals surface area contributed by atoms with Crippen molar-refractivity contribution in [2.75, 3.05) is 30.4 Å². The van der Waals surface area contributed by atoms with Gasteiger partial charge in [-0.05, 0) is 43.8 Å². The zero-order valence-corrected chi connectivity index (χ0v) is 15.3. The molecule has 0 bridgehead atoms. The first-order valence-corrected chi connectivity index (χ1v) is 8.75. The summed E-state index contributed by atoms with van der Waals surface area (Å²) in [5, 5.41) is 12.5. The number of aliphatic imine (C=N–C) groups is 2. The van der Waals surface area contributed by atoms with E-state index < -0.39 is 0 Å². The van der Waals surface area contributed by atoms with Crippen molar-refractivity contribution < 1.29 is 0 Å². The molecule has 2 aromatic rings. The Kier molecular flexibility index (Phi) is 5.90. The first-order chi connectivity index (χ1) is 13.2. The average Bonchev–Trinajstić information content (AvgIpc) is 3.26. The first-order valence-electron chi connectivity index (χ1n) is 8.75. The highest BCUT2D eigenvalue weighted by atomic mass is 15.2. The van der Waals surface area contributed by atoms with Crippen LogP contribution in [-0.4, -0.2) is 43.0 Å². The molecule has 1 N–H and O–H groups in total. The van der Waals surface area contributed by atoms with Crippen molar-refractivity contribution >= 4 is 36.0 Å². The Morgan fingerprint density at radius 2 is 2.11 bits per heavy atom. The van der Waals surface area contributed by atoms with Gasteiger partial charge in [-0.1, -0.05) is 0 Å². The van der Waals surface area contributed by atoms with Crippen LogP contribution in [0.5, 0.6) is 0 Å². The van der Waals surface area contributed by atoms with Crippen molar-refractivity contribution in [2.45, 2.75) is 12.8 Å². The Labute approximate surface area is 158 Å². The minimum Gasteiger partial charge on any atom is -0.373 e. The van der Waals surface area contributed by atoms with E-state index in [2.05, 4.69) is 43.0 Å². The van der Waals surface area contributed by atoms with Gasteiger partial charge in [0.15, 0.2) is 0 Å². The number of nitrogens with one attached hydrogen (secondary N) is 1. The van der Waals surface area contributed by atoms with Gasteiger partial charge < -0.3 is 10.2 Å². The molecule has 2 aromatic heterocycles. The van der Waals surface area contributed by atoms with Gasteiger partial charge in [0.05, 0.1) is 23.1 Å². The summed E-state index contributed by atoms with van der Waals surface area (Å²) in [6, 6.07) is 7.76. The summed E-state index contributed by atoms with van der Waals surface area (Å²) in [5.41, 5.74) is 2.62. The number of allylic oxidation sites excluding steroid dienone is 1. The van der Waals surface area contributed by atoms with E-state index in [4.69, 9.17) is 0 Å². The Hall–Kier alpha value is -3.53. The minimum atomic E-state index is 0.549. The van der Waals surface area contributed by atoms with E-state index in [0.29, 0.717) is 11.3 Å². The van der Waals surface area contributed by atoms with Gasteiger partial charge in [0.1, 0.15) is 17.7 Å². The maximum atomic E-state index is 9.50. The highest BCUT2D eigenvalue weighted by Crippen LogP contribution is 2.25. The molecule has 0 saturated carbocycles. The molecule has 3 heterocycles. The molecular weight excluding hydrogens is 338 g/mol. The third-order valence-corrected chi connectivity index (χ3v) is 4.32. The predicted octanol–water partition coefficient (Wildman–Crippen LogP) is 3.43. The summed E-state index contributed by atoms with van der Waals surface area (Å²) in [6.45, 7) is 5.50. The molecule has 1 aliphatic heterocycles. The number of hydrogen-bond donors (Lipinski definition) is 1. The molecule has 0 radical (unpaired) electrons. The lowest BCUT2D eigenvalue weighted by molar-refractivity contribution is 0.933. The molecule has 27 heavy (non-hydrogen) atoms. The van der Waals surface area contributed by atoms with E-state index in [1.165, 1.54) is 0 Å². The molecule has 136 valence electrons. The zero-order valence-electron chi connectivity index (χ0n) is 15.3. The van der Waals surface area contributed by atoms with Crippen molar-refractivity contribution in [3.8, 4) is 6.07 Å². The predicted molar refractivity (Wildman–Crippen MR) is 110 cm³/mol. The molecule has 0 unspecified atom stereocenters. The van der Waals surface area contributed by atoms with Crippen LogP contribution in [0.25, 0.3) is 5.70 Å². The molecular formula is C20H21N7. The number of anilines is 2. The summed E-state index contributed by atoms with van der Waals surface area (Å²) in [5.74, 6) is 1.53. The Bertz CT molecular complexity index is 901. The van der Waals surface area contributed by atoms with Crippen LogP contribution in [0.2, 0.25) is 0 Å². The number of nitriles is 1. The average molecular weight is 359 g/mol. The quantitative estimate of drug-likeness (QED) is 0.798. The Balaban J connectivity index is 1.81. The van der Waals surface area contributed by atoms with Crippen LogP contribution in [0.3, 0.4) is 0 Å². The first kappa shape index (κ1) is 18.3. The number of rotatable bonds is 6. The second-order valence-electron chi connectivity index (χ2n) is 6.04. The van der Waals surface area contributed by atoms with E-state index in [0.717, 1.165) is 48.8 Å². The van der Waals surface area contributed by atoms with E-state index in [9.17, 15) is 5.26 Å². The van der Waals surface area contributed by atoms with Gasteiger partial charge in [0.25, 0.3) is 0 Å². The van der Waals surface area contributed by atoms with Crippen LogP contribution in [0.1, 0.15) is 24.0 Å². The molecule has 0 amide bonds. The fraction of sp³-hybridized carbons (Fsp3) is 0.250. The summed E-state index contributed by atoms with van der Waals surface area (Å²) < 4.78 is 0. The van der Waals surface area contributed by atoms with E-state index >= 15 is 0 Å². The Morgan fingerprint density at radius 3 is 2.74 bits per heavy atom. The number of pyridine rings is 2. The molecule has 0 spiro atoms. The van der Waals surface area contributed by atoms with Crippen LogP contribution < -0.4 is 10.2 Å². The molecule has 1 saturated heterocycles. The normalized spacial score (nSPS) is 14.4. The maximum absolute atomic E-state index is 9.50. The van der Waals surface area contributed by atoms with Crippen LogP contribution in [0.15, 0.2) is 46.7 Å². The van der Waals surface area contributed by atoms with Gasteiger partial charge in [-0.2, -0.15) is 5.26 Å². The SMILES string of the molecule is C=N/C(=C\C=Nc1ccc(NC)nc1)c1cnc(N2CCCC2)c(C#N)c1. The maximum Gasteiger partial charge on any atom is 0.146 e. The summed E-state index contributed by atoms with van der Waals surface area (Å²) in [7, 11) is 1.81. The summed E-state index contributed by atoms with van der Waals surface area (Å²) in [6.07, 6.45) is 9.05.